The zero-order valence-corrected chi connectivity index (χ0v) is 21.1. The molecule has 0 bridgehead atoms. The van der Waals surface area contributed by atoms with Gasteiger partial charge in [0.15, 0.2) is 0 Å². The summed E-state index contributed by atoms with van der Waals surface area (Å²) >= 11 is 0. The van der Waals surface area contributed by atoms with Crippen molar-refractivity contribution in [1.82, 2.24) is 25.6 Å². The number of H-pyrrole nitrogens is 1. The fourth-order valence-electron chi connectivity index (χ4n) is 4.91. The van der Waals surface area contributed by atoms with Crippen LogP contribution >= 0.6 is 0 Å². The number of aryl methyl sites for hydroxylation is 2. The summed E-state index contributed by atoms with van der Waals surface area (Å²) in [4.78, 5) is 20.4. The average molecular weight is 502 g/mol. The van der Waals surface area contributed by atoms with Crippen LogP contribution in [-0.2, 0) is 17.6 Å². The zero-order chi connectivity index (χ0) is 25.9. The number of nitrogens with zero attached hydrogens (tertiary/aromatic N) is 5. The molecule has 8 heteroatoms. The Morgan fingerprint density at radius 3 is 2.58 bits per heavy atom. The average Bonchev–Trinajstić information content (AvgIpc) is 3.49. The minimum atomic E-state index is -0.0811. The predicted molar refractivity (Wildman–Crippen MR) is 148 cm³/mol. The number of aromatic amines is 1. The molecule has 2 aromatic heterocycles. The van der Waals surface area contributed by atoms with E-state index in [4.69, 9.17) is 4.98 Å². The number of anilines is 3. The van der Waals surface area contributed by atoms with E-state index in [-0.39, 0.29) is 5.91 Å². The number of amides is 1. The molecule has 2 N–H and O–H groups in total. The molecule has 5 aromatic rings. The first-order chi connectivity index (χ1) is 18.6. The predicted octanol–water partition coefficient (Wildman–Crippen LogP) is 5.50. The maximum Gasteiger partial charge on any atom is 0.228 e. The molecule has 0 spiro atoms. The van der Waals surface area contributed by atoms with Gasteiger partial charge in [-0.3, -0.25) is 4.79 Å². The van der Waals surface area contributed by atoms with Crippen LogP contribution in [0, 0.1) is 6.92 Å². The van der Waals surface area contributed by atoms with E-state index in [1.807, 2.05) is 67.6 Å². The fourth-order valence-corrected chi connectivity index (χ4v) is 4.91. The molecule has 188 valence electrons. The van der Waals surface area contributed by atoms with Gasteiger partial charge in [0, 0.05) is 35.1 Å². The quantitative estimate of drug-likeness (QED) is 0.319. The summed E-state index contributed by atoms with van der Waals surface area (Å²) in [7, 11) is 0. The summed E-state index contributed by atoms with van der Waals surface area (Å²) in [6.07, 6.45) is 2.35. The van der Waals surface area contributed by atoms with Crippen molar-refractivity contribution in [2.45, 2.75) is 26.2 Å². The maximum absolute atomic E-state index is 13.1. The highest BCUT2D eigenvalue weighted by Crippen LogP contribution is 2.37. The van der Waals surface area contributed by atoms with Crippen molar-refractivity contribution in [3.63, 3.8) is 0 Å². The molecule has 1 aliphatic rings. The second kappa shape index (κ2) is 10.3. The number of tetrazole rings is 1. The van der Waals surface area contributed by atoms with E-state index in [2.05, 4.69) is 55.1 Å². The summed E-state index contributed by atoms with van der Waals surface area (Å²) in [5.74, 6) is 1.19. The number of pyridine rings is 1. The van der Waals surface area contributed by atoms with Crippen LogP contribution in [0.4, 0.5) is 17.2 Å². The Balaban J connectivity index is 1.41. The number of fused-ring (bicyclic) bond motifs is 1. The minimum Gasteiger partial charge on any atom is -0.326 e. The lowest BCUT2D eigenvalue weighted by Crippen LogP contribution is -2.25. The molecule has 38 heavy (non-hydrogen) atoms. The number of aromatic nitrogens is 5. The smallest absolute Gasteiger partial charge is 0.228 e. The van der Waals surface area contributed by atoms with E-state index in [0.29, 0.717) is 17.9 Å². The normalized spacial score (nSPS) is 12.7. The number of rotatable bonds is 6. The molecule has 0 saturated carbocycles. The van der Waals surface area contributed by atoms with Gasteiger partial charge < -0.3 is 10.2 Å². The Hall–Kier alpha value is -4.85. The highest BCUT2D eigenvalue weighted by molar-refractivity contribution is 5.94. The van der Waals surface area contributed by atoms with Crippen LogP contribution in [0.2, 0.25) is 0 Å². The van der Waals surface area contributed by atoms with Gasteiger partial charge in [0.1, 0.15) is 5.82 Å². The molecule has 3 aromatic carbocycles. The largest absolute Gasteiger partial charge is 0.326 e. The van der Waals surface area contributed by atoms with Gasteiger partial charge in [0.25, 0.3) is 0 Å². The number of para-hydroxylation sites is 1. The molecule has 0 unspecified atom stereocenters. The molecule has 3 heterocycles. The third-order valence-electron chi connectivity index (χ3n) is 6.76. The van der Waals surface area contributed by atoms with Crippen molar-refractivity contribution >= 4 is 23.1 Å². The number of carbonyl (C=O) groups is 1. The van der Waals surface area contributed by atoms with Crippen LogP contribution in [0.3, 0.4) is 0 Å². The molecule has 0 atom stereocenters. The Morgan fingerprint density at radius 2 is 1.76 bits per heavy atom. The first-order valence-corrected chi connectivity index (χ1v) is 12.7. The van der Waals surface area contributed by atoms with E-state index in [1.165, 1.54) is 11.1 Å². The van der Waals surface area contributed by atoms with Crippen molar-refractivity contribution < 1.29 is 4.79 Å². The third-order valence-corrected chi connectivity index (χ3v) is 6.76. The number of carbonyl (C=O) groups excluding carboxylic acids is 1. The molecule has 1 aliphatic heterocycles. The number of hydrogen-bond acceptors (Lipinski definition) is 6. The van der Waals surface area contributed by atoms with E-state index >= 15 is 0 Å². The fraction of sp³-hybridized carbons (Fsp3) is 0.167. The van der Waals surface area contributed by atoms with Crippen molar-refractivity contribution in [2.24, 2.45) is 0 Å². The lowest BCUT2D eigenvalue weighted by Gasteiger charge is -2.31. The van der Waals surface area contributed by atoms with Crippen LogP contribution in [0.25, 0.3) is 22.6 Å². The molecule has 0 saturated heterocycles. The molecule has 0 fully saturated rings. The van der Waals surface area contributed by atoms with Gasteiger partial charge >= 0.3 is 0 Å². The Morgan fingerprint density at radius 1 is 0.974 bits per heavy atom. The van der Waals surface area contributed by atoms with E-state index in [1.54, 1.807) is 0 Å². The van der Waals surface area contributed by atoms with Crippen LogP contribution in [0.5, 0.6) is 0 Å². The first-order valence-electron chi connectivity index (χ1n) is 12.7. The first kappa shape index (κ1) is 23.5. The van der Waals surface area contributed by atoms with Crippen LogP contribution in [0.1, 0.15) is 23.1 Å². The van der Waals surface area contributed by atoms with Crippen molar-refractivity contribution in [1.29, 1.82) is 0 Å². The molecule has 1 amide bonds. The van der Waals surface area contributed by atoms with Gasteiger partial charge in [0.2, 0.25) is 11.7 Å². The standard InChI is InChI=1S/C30H27N7O/c1-20-12-14-21(15-13-20)17-29(38)31-23-18-26(24-9-3-4-10-25(24)30-33-35-36-34-30)32-28(19-23)37-16-6-8-22-7-2-5-11-27(22)37/h2-5,7,9-15,18-19H,6,8,16-17H2,1H3,(H,31,32,38)(H,33,34,35,36). The van der Waals surface area contributed by atoms with Gasteiger partial charge in [0.05, 0.1) is 12.1 Å². The number of nitrogens with one attached hydrogen (secondary N) is 2. The summed E-state index contributed by atoms with van der Waals surface area (Å²) in [6, 6.07) is 28.1. The molecule has 8 nitrogen and oxygen atoms in total. The van der Waals surface area contributed by atoms with Crippen LogP contribution in [0.15, 0.2) is 84.9 Å². The molecule has 6 rings (SSSR count). The topological polar surface area (TPSA) is 99.7 Å². The van der Waals surface area contributed by atoms with Gasteiger partial charge in [-0.15, -0.1) is 10.2 Å². The van der Waals surface area contributed by atoms with E-state index in [9.17, 15) is 4.79 Å². The van der Waals surface area contributed by atoms with Crippen molar-refractivity contribution in [3.05, 3.63) is 102 Å². The lowest BCUT2D eigenvalue weighted by atomic mass is 10.0. The number of hydrogen-bond donors (Lipinski definition) is 2. The second-order valence-corrected chi connectivity index (χ2v) is 9.47. The van der Waals surface area contributed by atoms with Gasteiger partial charge in [-0.05, 0) is 48.2 Å². The van der Waals surface area contributed by atoms with Crippen LogP contribution in [-0.4, -0.2) is 38.1 Å². The van der Waals surface area contributed by atoms with Gasteiger partial charge in [-0.25, -0.2) is 4.98 Å². The van der Waals surface area contributed by atoms with Crippen molar-refractivity contribution in [2.75, 3.05) is 16.8 Å². The number of benzene rings is 3. The molecular weight excluding hydrogens is 474 g/mol. The summed E-state index contributed by atoms with van der Waals surface area (Å²) in [5.41, 5.74) is 7.64. The summed E-state index contributed by atoms with van der Waals surface area (Å²) < 4.78 is 0. The van der Waals surface area contributed by atoms with Gasteiger partial charge in [-0.2, -0.15) is 5.21 Å². The van der Waals surface area contributed by atoms with E-state index in [0.717, 1.165) is 53.3 Å². The second-order valence-electron chi connectivity index (χ2n) is 9.47. The highest BCUT2D eigenvalue weighted by atomic mass is 16.1. The van der Waals surface area contributed by atoms with Gasteiger partial charge in [-0.1, -0.05) is 72.3 Å². The zero-order valence-electron chi connectivity index (χ0n) is 21.1. The van der Waals surface area contributed by atoms with Crippen LogP contribution < -0.4 is 10.2 Å². The monoisotopic (exact) mass is 501 g/mol. The SMILES string of the molecule is Cc1ccc(CC(=O)Nc2cc(-c3ccccc3-c3nn[nH]n3)nc(N3CCCc4ccccc43)c2)cc1. The Kier molecular flexibility index (Phi) is 6.35. The van der Waals surface area contributed by atoms with Crippen molar-refractivity contribution in [3.8, 4) is 22.6 Å². The summed E-state index contributed by atoms with van der Waals surface area (Å²) in [6.45, 7) is 2.88. The maximum atomic E-state index is 13.1. The highest BCUT2D eigenvalue weighted by Gasteiger charge is 2.21. The third kappa shape index (κ3) is 4.88. The minimum absolute atomic E-state index is 0.0811. The molecule has 0 aliphatic carbocycles. The Bertz CT molecular complexity index is 1580. The molecule has 0 radical (unpaired) electrons. The molecular formula is C30H27N7O. The lowest BCUT2D eigenvalue weighted by molar-refractivity contribution is -0.115. The van der Waals surface area contributed by atoms with E-state index < -0.39 is 0 Å². The Labute approximate surface area is 220 Å². The summed E-state index contributed by atoms with van der Waals surface area (Å²) in [5, 5.41) is 17.7.